The standard InChI is InChI=1S/C12H12N4O/c1-3-12(17)15-11-8-14-16(9(11)2)10-4-6-13-7-5-10/h3-8H,1H2,2H3,(H,15,17). The van der Waals surface area contributed by atoms with E-state index in [4.69, 9.17) is 0 Å². The summed E-state index contributed by atoms with van der Waals surface area (Å²) >= 11 is 0. The highest BCUT2D eigenvalue weighted by Crippen LogP contribution is 2.17. The van der Waals surface area contributed by atoms with Crippen molar-refractivity contribution in [3.63, 3.8) is 0 Å². The van der Waals surface area contributed by atoms with E-state index in [2.05, 4.69) is 22.0 Å². The Labute approximate surface area is 98.8 Å². The quantitative estimate of drug-likeness (QED) is 0.813. The molecule has 0 unspecified atom stereocenters. The molecule has 2 heterocycles. The van der Waals surface area contributed by atoms with Crippen LogP contribution in [0.25, 0.3) is 5.69 Å². The summed E-state index contributed by atoms with van der Waals surface area (Å²) in [5.41, 5.74) is 2.43. The SMILES string of the molecule is C=CC(=O)Nc1cnn(-c2ccncc2)c1C. The lowest BCUT2D eigenvalue weighted by atomic mass is 10.3. The second-order valence-corrected chi connectivity index (χ2v) is 3.45. The van der Waals surface area contributed by atoms with E-state index in [9.17, 15) is 4.79 Å². The van der Waals surface area contributed by atoms with Crippen molar-refractivity contribution in [3.8, 4) is 5.69 Å². The molecule has 5 heteroatoms. The van der Waals surface area contributed by atoms with Crippen LogP contribution in [-0.4, -0.2) is 20.7 Å². The highest BCUT2D eigenvalue weighted by Gasteiger charge is 2.08. The van der Waals surface area contributed by atoms with Crippen molar-refractivity contribution in [1.29, 1.82) is 0 Å². The van der Waals surface area contributed by atoms with Gasteiger partial charge in [0, 0.05) is 12.4 Å². The van der Waals surface area contributed by atoms with Crippen molar-refractivity contribution < 1.29 is 4.79 Å². The van der Waals surface area contributed by atoms with Crippen LogP contribution in [0.4, 0.5) is 5.69 Å². The molecule has 0 aliphatic rings. The molecule has 0 fully saturated rings. The van der Waals surface area contributed by atoms with Crippen LogP contribution in [0.3, 0.4) is 0 Å². The maximum absolute atomic E-state index is 11.2. The number of pyridine rings is 1. The molecule has 2 aromatic heterocycles. The van der Waals surface area contributed by atoms with E-state index in [1.54, 1.807) is 23.3 Å². The molecule has 2 rings (SSSR count). The van der Waals surface area contributed by atoms with E-state index < -0.39 is 0 Å². The molecule has 0 aromatic carbocycles. The highest BCUT2D eigenvalue weighted by molar-refractivity contribution is 5.99. The first-order valence-corrected chi connectivity index (χ1v) is 5.11. The van der Waals surface area contributed by atoms with Crippen LogP contribution in [0.2, 0.25) is 0 Å². The van der Waals surface area contributed by atoms with E-state index in [0.717, 1.165) is 11.4 Å². The summed E-state index contributed by atoms with van der Waals surface area (Å²) in [5.74, 6) is -0.248. The van der Waals surface area contributed by atoms with Gasteiger partial charge in [0.05, 0.1) is 23.3 Å². The van der Waals surface area contributed by atoms with Gasteiger partial charge in [-0.15, -0.1) is 0 Å². The first-order chi connectivity index (χ1) is 8.22. The number of amides is 1. The minimum atomic E-state index is -0.248. The fourth-order valence-corrected chi connectivity index (χ4v) is 1.46. The van der Waals surface area contributed by atoms with Crippen LogP contribution in [0.5, 0.6) is 0 Å². The van der Waals surface area contributed by atoms with Crippen molar-refractivity contribution in [2.24, 2.45) is 0 Å². The monoisotopic (exact) mass is 228 g/mol. The van der Waals surface area contributed by atoms with E-state index in [-0.39, 0.29) is 5.91 Å². The smallest absolute Gasteiger partial charge is 0.247 e. The molecule has 0 aliphatic heterocycles. The molecule has 0 saturated heterocycles. The average molecular weight is 228 g/mol. The summed E-state index contributed by atoms with van der Waals surface area (Å²) < 4.78 is 1.74. The van der Waals surface area contributed by atoms with Crippen molar-refractivity contribution in [2.75, 3.05) is 5.32 Å². The lowest BCUT2D eigenvalue weighted by Gasteiger charge is -2.04. The topological polar surface area (TPSA) is 59.8 Å². The summed E-state index contributed by atoms with van der Waals surface area (Å²) in [7, 11) is 0. The Balaban J connectivity index is 2.33. The largest absolute Gasteiger partial charge is 0.320 e. The normalized spacial score (nSPS) is 9.94. The molecule has 0 aliphatic carbocycles. The van der Waals surface area contributed by atoms with Crippen molar-refractivity contribution in [2.45, 2.75) is 6.92 Å². The molecule has 1 amide bonds. The molecule has 2 aromatic rings. The average Bonchev–Trinajstić information content (AvgIpc) is 2.72. The van der Waals surface area contributed by atoms with E-state index >= 15 is 0 Å². The fourth-order valence-electron chi connectivity index (χ4n) is 1.46. The summed E-state index contributed by atoms with van der Waals surface area (Å²) in [6.07, 6.45) is 6.22. The van der Waals surface area contributed by atoms with Gasteiger partial charge in [-0.25, -0.2) is 4.68 Å². The molecular weight excluding hydrogens is 216 g/mol. The number of nitrogens with zero attached hydrogens (tertiary/aromatic N) is 3. The third kappa shape index (κ3) is 2.23. The maximum Gasteiger partial charge on any atom is 0.247 e. The number of hydrogen-bond acceptors (Lipinski definition) is 3. The van der Waals surface area contributed by atoms with E-state index in [1.165, 1.54) is 6.08 Å². The maximum atomic E-state index is 11.2. The molecule has 17 heavy (non-hydrogen) atoms. The van der Waals surface area contributed by atoms with Gasteiger partial charge in [0.15, 0.2) is 0 Å². The lowest BCUT2D eigenvalue weighted by Crippen LogP contribution is -2.08. The van der Waals surface area contributed by atoms with Crippen LogP contribution in [-0.2, 0) is 4.79 Å². The minimum Gasteiger partial charge on any atom is -0.320 e. The third-order valence-corrected chi connectivity index (χ3v) is 2.36. The van der Waals surface area contributed by atoms with Crippen molar-refractivity contribution in [1.82, 2.24) is 14.8 Å². The molecule has 0 bridgehead atoms. The number of nitrogens with one attached hydrogen (secondary N) is 1. The highest BCUT2D eigenvalue weighted by atomic mass is 16.1. The van der Waals surface area contributed by atoms with Gasteiger partial charge in [-0.2, -0.15) is 5.10 Å². The van der Waals surface area contributed by atoms with Crippen molar-refractivity contribution >= 4 is 11.6 Å². The molecule has 5 nitrogen and oxygen atoms in total. The summed E-state index contributed by atoms with van der Waals surface area (Å²) in [4.78, 5) is 15.1. The number of carbonyl (C=O) groups is 1. The Morgan fingerprint density at radius 2 is 2.18 bits per heavy atom. The first-order valence-electron chi connectivity index (χ1n) is 5.11. The van der Waals surface area contributed by atoms with Crippen LogP contribution >= 0.6 is 0 Å². The van der Waals surface area contributed by atoms with Gasteiger partial charge in [0.1, 0.15) is 0 Å². The molecule has 0 radical (unpaired) electrons. The number of rotatable bonds is 3. The second kappa shape index (κ2) is 4.61. The zero-order valence-electron chi connectivity index (χ0n) is 9.42. The number of hydrogen-bond donors (Lipinski definition) is 1. The molecule has 1 N–H and O–H groups in total. The van der Waals surface area contributed by atoms with Crippen molar-refractivity contribution in [3.05, 3.63) is 49.1 Å². The predicted molar refractivity (Wildman–Crippen MR) is 64.9 cm³/mol. The molecular formula is C12H12N4O. The molecule has 0 spiro atoms. The Bertz CT molecular complexity index is 545. The minimum absolute atomic E-state index is 0.248. The number of anilines is 1. The number of carbonyl (C=O) groups excluding carboxylic acids is 1. The predicted octanol–water partition coefficient (Wildman–Crippen LogP) is 1.70. The zero-order valence-corrected chi connectivity index (χ0v) is 9.42. The summed E-state index contributed by atoms with van der Waals surface area (Å²) in [6.45, 7) is 5.28. The fraction of sp³-hybridized carbons (Fsp3) is 0.0833. The van der Waals surface area contributed by atoms with Gasteiger partial charge in [-0.3, -0.25) is 9.78 Å². The van der Waals surface area contributed by atoms with Gasteiger partial charge in [-0.1, -0.05) is 6.58 Å². The van der Waals surface area contributed by atoms with Crippen LogP contribution in [0.15, 0.2) is 43.4 Å². The van der Waals surface area contributed by atoms with Gasteiger partial charge >= 0.3 is 0 Å². The van der Waals surface area contributed by atoms with Gasteiger partial charge in [0.2, 0.25) is 5.91 Å². The summed E-state index contributed by atoms with van der Waals surface area (Å²) in [6, 6.07) is 3.69. The van der Waals surface area contributed by atoms with E-state index in [1.807, 2.05) is 19.1 Å². The molecule has 0 saturated carbocycles. The van der Waals surface area contributed by atoms with E-state index in [0.29, 0.717) is 5.69 Å². The lowest BCUT2D eigenvalue weighted by molar-refractivity contribution is -0.111. The Morgan fingerprint density at radius 1 is 1.47 bits per heavy atom. The first kappa shape index (κ1) is 11.1. The van der Waals surface area contributed by atoms with Gasteiger partial charge in [0.25, 0.3) is 0 Å². The zero-order chi connectivity index (χ0) is 12.3. The second-order valence-electron chi connectivity index (χ2n) is 3.45. The van der Waals surface area contributed by atoms with Gasteiger partial charge in [-0.05, 0) is 25.1 Å². The Morgan fingerprint density at radius 3 is 2.82 bits per heavy atom. The summed E-state index contributed by atoms with van der Waals surface area (Å²) in [5, 5.41) is 6.91. The Hall–Kier alpha value is -2.43. The van der Waals surface area contributed by atoms with Crippen LogP contribution < -0.4 is 5.32 Å². The van der Waals surface area contributed by atoms with Gasteiger partial charge < -0.3 is 5.32 Å². The molecule has 86 valence electrons. The molecule has 0 atom stereocenters. The van der Waals surface area contributed by atoms with Crippen LogP contribution in [0, 0.1) is 6.92 Å². The number of aromatic nitrogens is 3. The van der Waals surface area contributed by atoms with Crippen LogP contribution in [0.1, 0.15) is 5.69 Å². The Kier molecular flexibility index (Phi) is 3.00. The third-order valence-electron chi connectivity index (χ3n) is 2.36.